The van der Waals surface area contributed by atoms with E-state index in [2.05, 4.69) is 4.89 Å². The van der Waals surface area contributed by atoms with Gasteiger partial charge in [0.05, 0.1) is 0 Å². The normalized spacial score (nSPS) is 4.71. The van der Waals surface area contributed by atoms with Crippen LogP contribution in [-0.2, 0) is 31.1 Å². The monoisotopic (exact) mass is 185 g/mol. The minimum Gasteiger partial charge on any atom is -0.448 e. The summed E-state index contributed by atoms with van der Waals surface area (Å²) in [4.78, 5) is 11.6. The van der Waals surface area contributed by atoms with E-state index in [0.717, 1.165) is 0 Å². The third-order valence-corrected chi connectivity index (χ3v) is 0.0781. The summed E-state index contributed by atoms with van der Waals surface area (Å²) in [5, 5.41) is 14.3. The number of carbonyl (C=O) groups is 1. The summed E-state index contributed by atoms with van der Waals surface area (Å²) in [7, 11) is 0. The van der Waals surface area contributed by atoms with Gasteiger partial charge in [-0.25, -0.2) is 4.79 Å². The summed E-state index contributed by atoms with van der Waals surface area (Å²) in [6, 6.07) is 0. The molecule has 0 fully saturated rings. The Labute approximate surface area is 58.9 Å². The molecule has 0 aromatic carbocycles. The van der Waals surface area contributed by atoms with Gasteiger partial charge in [-0.3, -0.25) is 4.89 Å². The fraction of sp³-hybridized carbons (Fsp3) is 0. The Morgan fingerprint density at radius 2 is 1.71 bits per heavy atom. The summed E-state index contributed by atoms with van der Waals surface area (Å²) < 4.78 is 0. The van der Waals surface area contributed by atoms with Gasteiger partial charge >= 0.3 is 6.16 Å². The minimum absolute atomic E-state index is 0. The molecule has 0 atom stereocenters. The molecule has 0 aromatic heterocycles. The number of rotatable bonds is 0. The van der Waals surface area contributed by atoms with Crippen molar-refractivity contribution in [3.63, 3.8) is 0 Å². The van der Waals surface area contributed by atoms with Crippen molar-refractivity contribution >= 4 is 6.16 Å². The Morgan fingerprint density at radius 1 is 1.57 bits per heavy atom. The van der Waals surface area contributed by atoms with E-state index in [1.54, 1.807) is 0 Å². The molecule has 0 aliphatic heterocycles. The largest absolute Gasteiger partial charge is 0.537 e. The first-order chi connectivity index (χ1) is 2.27. The predicted octanol–water partition coefficient (Wildman–Crippen LogP) is 0.314. The second-order valence-corrected chi connectivity index (χ2v) is 0.357. The molecule has 42 valence electrons. The molecule has 5 nitrogen and oxygen atoms in total. The van der Waals surface area contributed by atoms with Gasteiger partial charge in [0.15, 0.2) is 0 Å². The van der Waals surface area contributed by atoms with Crippen molar-refractivity contribution in [3.8, 4) is 0 Å². The second kappa shape index (κ2) is 9.42. The molecule has 0 saturated heterocycles. The van der Waals surface area contributed by atoms with Crippen molar-refractivity contribution in [1.29, 1.82) is 0 Å². The van der Waals surface area contributed by atoms with Crippen LogP contribution in [0.4, 0.5) is 4.79 Å². The third-order valence-electron chi connectivity index (χ3n) is 0.0781. The standard InChI is InChI=1S/CH2O4.H3N.Zr/c2-1(3)5-4;;/h4H,(H,2,3);1H3;. The van der Waals surface area contributed by atoms with Gasteiger partial charge in [0.1, 0.15) is 0 Å². The fourth-order valence-corrected chi connectivity index (χ4v) is 0. The summed E-state index contributed by atoms with van der Waals surface area (Å²) in [5.74, 6) is 0. The van der Waals surface area contributed by atoms with Gasteiger partial charge in [-0.2, -0.15) is 5.26 Å². The second-order valence-electron chi connectivity index (χ2n) is 0.357. The van der Waals surface area contributed by atoms with E-state index < -0.39 is 6.16 Å². The molecule has 0 aliphatic carbocycles. The van der Waals surface area contributed by atoms with Crippen LogP contribution in [0, 0.1) is 0 Å². The molecule has 0 aliphatic rings. The van der Waals surface area contributed by atoms with Crippen molar-refractivity contribution in [2.75, 3.05) is 0 Å². The molecule has 0 unspecified atom stereocenters. The Balaban J connectivity index is -0.0000000800. The SMILES string of the molecule is N.O=C(O)OO.[Zr]. The Hall–Kier alpha value is 0.0731. The van der Waals surface area contributed by atoms with Crippen molar-refractivity contribution in [2.24, 2.45) is 0 Å². The maximum Gasteiger partial charge on any atom is 0.537 e. The quantitative estimate of drug-likeness (QED) is 0.373. The first-order valence-electron chi connectivity index (χ1n) is 0.814. The molecule has 0 saturated carbocycles. The molecule has 0 heterocycles. The molecular formula is CH5NO4Zr. The summed E-state index contributed by atoms with van der Waals surface area (Å²) in [5.41, 5.74) is 0. The molecule has 7 heavy (non-hydrogen) atoms. The van der Waals surface area contributed by atoms with Crippen molar-refractivity contribution in [1.82, 2.24) is 6.15 Å². The van der Waals surface area contributed by atoms with Gasteiger partial charge in [-0.05, 0) is 0 Å². The molecule has 6 heteroatoms. The van der Waals surface area contributed by atoms with Crippen molar-refractivity contribution in [3.05, 3.63) is 0 Å². The first-order valence-corrected chi connectivity index (χ1v) is 0.814. The third kappa shape index (κ3) is 23.4. The van der Waals surface area contributed by atoms with Crippen LogP contribution in [-0.4, -0.2) is 16.5 Å². The van der Waals surface area contributed by atoms with E-state index in [1.165, 1.54) is 0 Å². The zero-order chi connectivity index (χ0) is 4.28. The van der Waals surface area contributed by atoms with Crippen LogP contribution in [0.25, 0.3) is 0 Å². The van der Waals surface area contributed by atoms with Crippen LogP contribution in [0.15, 0.2) is 0 Å². The number of hydrogen-bond acceptors (Lipinski definition) is 4. The van der Waals surface area contributed by atoms with Crippen LogP contribution >= 0.6 is 0 Å². The topological polar surface area (TPSA) is 102 Å². The van der Waals surface area contributed by atoms with Crippen LogP contribution in [0.1, 0.15) is 0 Å². The van der Waals surface area contributed by atoms with Gasteiger partial charge in [0.25, 0.3) is 0 Å². The molecule has 0 spiro atoms. The van der Waals surface area contributed by atoms with E-state index in [9.17, 15) is 0 Å². The van der Waals surface area contributed by atoms with Gasteiger partial charge in [-0.15, -0.1) is 0 Å². The smallest absolute Gasteiger partial charge is 0.448 e. The van der Waals surface area contributed by atoms with E-state index in [4.69, 9.17) is 15.2 Å². The maximum absolute atomic E-state index is 8.90. The Kier molecular flexibility index (Phi) is 21.2. The summed E-state index contributed by atoms with van der Waals surface area (Å²) in [6.07, 6.45) is -1.69. The Morgan fingerprint density at radius 3 is 1.71 bits per heavy atom. The van der Waals surface area contributed by atoms with Crippen molar-refractivity contribution < 1.29 is 46.2 Å². The average molecular weight is 186 g/mol. The number of hydrogen-bond donors (Lipinski definition) is 3. The van der Waals surface area contributed by atoms with E-state index in [0.29, 0.717) is 0 Å². The molecule has 0 aromatic rings. The van der Waals surface area contributed by atoms with E-state index >= 15 is 0 Å². The van der Waals surface area contributed by atoms with Gasteiger partial charge in [0, 0.05) is 26.2 Å². The molecular weight excluding hydrogens is 181 g/mol. The van der Waals surface area contributed by atoms with Gasteiger partial charge in [0.2, 0.25) is 0 Å². The summed E-state index contributed by atoms with van der Waals surface area (Å²) in [6.45, 7) is 0. The molecule has 0 amide bonds. The van der Waals surface area contributed by atoms with E-state index in [-0.39, 0.29) is 32.4 Å². The summed E-state index contributed by atoms with van der Waals surface area (Å²) >= 11 is 0. The molecule has 0 bridgehead atoms. The zero-order valence-corrected chi connectivity index (χ0v) is 5.88. The maximum atomic E-state index is 8.90. The molecule has 0 rings (SSSR count). The van der Waals surface area contributed by atoms with E-state index in [1.807, 2.05) is 0 Å². The average Bonchev–Trinajstić information content (AvgIpc) is 1.38. The van der Waals surface area contributed by atoms with Crippen LogP contribution < -0.4 is 6.15 Å². The van der Waals surface area contributed by atoms with Crippen LogP contribution in [0.3, 0.4) is 0 Å². The van der Waals surface area contributed by atoms with Gasteiger partial charge < -0.3 is 11.3 Å². The predicted molar refractivity (Wildman–Crippen MR) is 16.8 cm³/mol. The Bertz CT molecular complexity index is 47.0. The fourth-order valence-electron chi connectivity index (χ4n) is 0. The zero-order valence-electron chi connectivity index (χ0n) is 3.42. The molecule has 5 N–H and O–H groups in total. The van der Waals surface area contributed by atoms with Crippen LogP contribution in [0.2, 0.25) is 0 Å². The minimum atomic E-state index is -1.69. The number of carboxylic acid groups (broad SMARTS) is 1. The molecule has 0 radical (unpaired) electrons. The van der Waals surface area contributed by atoms with Crippen molar-refractivity contribution in [2.45, 2.75) is 0 Å². The van der Waals surface area contributed by atoms with Crippen LogP contribution in [0.5, 0.6) is 0 Å². The first kappa shape index (κ1) is 15.7. The van der Waals surface area contributed by atoms with Gasteiger partial charge in [-0.1, -0.05) is 0 Å².